The summed E-state index contributed by atoms with van der Waals surface area (Å²) >= 11 is 0. The molecule has 0 saturated carbocycles. The van der Waals surface area contributed by atoms with E-state index in [-0.39, 0.29) is 11.4 Å². The maximum atomic E-state index is 13.6. The molecule has 86 valence electrons. The number of nitrogens with zero attached hydrogens (tertiary/aromatic N) is 2. The van der Waals surface area contributed by atoms with Gasteiger partial charge in [0, 0.05) is 11.6 Å². The lowest BCUT2D eigenvalue weighted by molar-refractivity contribution is 0.321. The third-order valence-electron chi connectivity index (χ3n) is 2.14. The Kier molecular flexibility index (Phi) is 3.06. The molecule has 0 aliphatic heterocycles. The van der Waals surface area contributed by atoms with E-state index in [0.717, 1.165) is 0 Å². The van der Waals surface area contributed by atoms with E-state index in [0.29, 0.717) is 17.9 Å². The monoisotopic (exact) mass is 232 g/mol. The molecule has 0 unspecified atom stereocenters. The van der Waals surface area contributed by atoms with Crippen molar-refractivity contribution in [3.05, 3.63) is 35.8 Å². The molecule has 0 radical (unpaired) electrons. The normalized spacial score (nSPS) is 9.94. The molecule has 0 bridgehead atoms. The van der Waals surface area contributed by atoms with Crippen LogP contribution in [0.5, 0.6) is 5.75 Å². The van der Waals surface area contributed by atoms with Gasteiger partial charge in [0.1, 0.15) is 6.07 Å². The van der Waals surface area contributed by atoms with E-state index < -0.39 is 5.82 Å². The molecule has 2 aromatic rings. The lowest BCUT2D eigenvalue weighted by atomic mass is 10.1. The Balaban J connectivity index is 2.34. The fraction of sp³-hybridized carbons (Fsp3) is 0.167. The molecule has 0 atom stereocenters. The smallest absolute Gasteiger partial charge is 0.184 e. The molecule has 5 heteroatoms. The topological polar surface area (TPSA) is 59.0 Å². The van der Waals surface area contributed by atoms with E-state index in [2.05, 4.69) is 5.16 Å². The summed E-state index contributed by atoms with van der Waals surface area (Å²) in [7, 11) is 0. The number of aromatic nitrogens is 1. The maximum absolute atomic E-state index is 13.6. The van der Waals surface area contributed by atoms with Gasteiger partial charge in [0.05, 0.1) is 6.61 Å². The van der Waals surface area contributed by atoms with Gasteiger partial charge in [-0.15, -0.1) is 0 Å². The fourth-order valence-corrected chi connectivity index (χ4v) is 1.39. The number of hydrogen-bond acceptors (Lipinski definition) is 4. The molecular weight excluding hydrogens is 223 g/mol. The van der Waals surface area contributed by atoms with Crippen LogP contribution >= 0.6 is 0 Å². The van der Waals surface area contributed by atoms with Crippen molar-refractivity contribution in [3.63, 3.8) is 0 Å². The lowest BCUT2D eigenvalue weighted by Crippen LogP contribution is -1.94. The molecule has 0 N–H and O–H groups in total. The van der Waals surface area contributed by atoms with E-state index in [4.69, 9.17) is 14.5 Å². The summed E-state index contributed by atoms with van der Waals surface area (Å²) in [6.07, 6.45) is 0. The molecule has 0 amide bonds. The average Bonchev–Trinajstić information content (AvgIpc) is 2.80. The minimum Gasteiger partial charge on any atom is -0.491 e. The highest BCUT2D eigenvalue weighted by molar-refractivity contribution is 5.59. The van der Waals surface area contributed by atoms with Crippen molar-refractivity contribution < 1.29 is 13.7 Å². The van der Waals surface area contributed by atoms with Gasteiger partial charge < -0.3 is 9.26 Å². The summed E-state index contributed by atoms with van der Waals surface area (Å²) in [6, 6.07) is 7.74. The summed E-state index contributed by atoms with van der Waals surface area (Å²) in [5.74, 6) is 0.0685. The summed E-state index contributed by atoms with van der Waals surface area (Å²) < 4.78 is 23.6. The largest absolute Gasteiger partial charge is 0.491 e. The number of rotatable bonds is 3. The summed E-state index contributed by atoms with van der Waals surface area (Å²) in [5, 5.41) is 12.1. The zero-order valence-electron chi connectivity index (χ0n) is 9.11. The second-order valence-corrected chi connectivity index (χ2v) is 3.27. The predicted octanol–water partition coefficient (Wildman–Crippen LogP) is 2.75. The number of nitriles is 1. The molecule has 0 aliphatic carbocycles. The first-order chi connectivity index (χ1) is 8.24. The zero-order chi connectivity index (χ0) is 12.3. The molecule has 0 spiro atoms. The molecule has 0 aliphatic rings. The van der Waals surface area contributed by atoms with Crippen LogP contribution in [0.15, 0.2) is 28.8 Å². The van der Waals surface area contributed by atoms with Crippen molar-refractivity contribution in [1.82, 2.24) is 5.16 Å². The van der Waals surface area contributed by atoms with E-state index in [1.165, 1.54) is 18.2 Å². The first-order valence-electron chi connectivity index (χ1n) is 5.04. The SMILES string of the molecule is CCOc1ccc(-c2cc(C#N)no2)cc1F. The van der Waals surface area contributed by atoms with Gasteiger partial charge >= 0.3 is 0 Å². The van der Waals surface area contributed by atoms with Crippen LogP contribution in [0.2, 0.25) is 0 Å². The summed E-state index contributed by atoms with van der Waals surface area (Å²) in [6.45, 7) is 2.18. The van der Waals surface area contributed by atoms with Crippen LogP contribution in [0.1, 0.15) is 12.6 Å². The van der Waals surface area contributed by atoms with E-state index in [9.17, 15) is 4.39 Å². The molecule has 1 aromatic carbocycles. The molecular formula is C12H9FN2O2. The van der Waals surface area contributed by atoms with Crippen molar-refractivity contribution >= 4 is 0 Å². The number of halogens is 1. The third-order valence-corrected chi connectivity index (χ3v) is 2.14. The number of hydrogen-bond donors (Lipinski definition) is 0. The fourth-order valence-electron chi connectivity index (χ4n) is 1.39. The van der Waals surface area contributed by atoms with Crippen molar-refractivity contribution in [3.8, 4) is 23.1 Å². The average molecular weight is 232 g/mol. The van der Waals surface area contributed by atoms with Gasteiger partial charge in [-0.05, 0) is 25.1 Å². The van der Waals surface area contributed by atoms with E-state index >= 15 is 0 Å². The quantitative estimate of drug-likeness (QED) is 0.816. The van der Waals surface area contributed by atoms with Gasteiger partial charge in [-0.3, -0.25) is 0 Å². The standard InChI is InChI=1S/C12H9FN2O2/c1-2-16-11-4-3-8(5-10(11)13)12-6-9(7-14)15-17-12/h3-6H,2H2,1H3. The Hall–Kier alpha value is -2.35. The molecule has 4 nitrogen and oxygen atoms in total. The van der Waals surface area contributed by atoms with Crippen LogP contribution in [-0.2, 0) is 0 Å². The molecule has 17 heavy (non-hydrogen) atoms. The van der Waals surface area contributed by atoms with Crippen LogP contribution in [0.4, 0.5) is 4.39 Å². The third kappa shape index (κ3) is 2.26. The zero-order valence-corrected chi connectivity index (χ0v) is 9.11. The second-order valence-electron chi connectivity index (χ2n) is 3.27. The van der Waals surface area contributed by atoms with Crippen LogP contribution in [0.25, 0.3) is 11.3 Å². The molecule has 1 heterocycles. The van der Waals surface area contributed by atoms with Crippen molar-refractivity contribution in [2.75, 3.05) is 6.61 Å². The second kappa shape index (κ2) is 4.66. The van der Waals surface area contributed by atoms with Gasteiger partial charge in [0.2, 0.25) is 0 Å². The predicted molar refractivity (Wildman–Crippen MR) is 57.8 cm³/mol. The number of benzene rings is 1. The molecule has 0 saturated heterocycles. The minimum atomic E-state index is -0.473. The first kappa shape index (κ1) is 11.1. The maximum Gasteiger partial charge on any atom is 0.184 e. The van der Waals surface area contributed by atoms with Crippen LogP contribution in [0.3, 0.4) is 0 Å². The highest BCUT2D eigenvalue weighted by Gasteiger charge is 2.10. The van der Waals surface area contributed by atoms with E-state index in [1.807, 2.05) is 6.07 Å². The van der Waals surface area contributed by atoms with Crippen LogP contribution < -0.4 is 4.74 Å². The van der Waals surface area contributed by atoms with Crippen molar-refractivity contribution in [2.45, 2.75) is 6.92 Å². The van der Waals surface area contributed by atoms with Crippen molar-refractivity contribution in [2.24, 2.45) is 0 Å². The Labute approximate surface area is 97.2 Å². The minimum absolute atomic E-state index is 0.161. The summed E-state index contributed by atoms with van der Waals surface area (Å²) in [5.41, 5.74) is 0.675. The molecule has 1 aromatic heterocycles. The Bertz CT molecular complexity index is 572. The highest BCUT2D eigenvalue weighted by Crippen LogP contribution is 2.26. The number of ether oxygens (including phenoxy) is 1. The van der Waals surface area contributed by atoms with Gasteiger partial charge in [-0.1, -0.05) is 5.16 Å². The Morgan fingerprint density at radius 3 is 2.88 bits per heavy atom. The Morgan fingerprint density at radius 1 is 1.47 bits per heavy atom. The van der Waals surface area contributed by atoms with Gasteiger partial charge in [-0.25, -0.2) is 4.39 Å². The summed E-state index contributed by atoms with van der Waals surface area (Å²) in [4.78, 5) is 0. The lowest BCUT2D eigenvalue weighted by Gasteiger charge is -2.04. The first-order valence-corrected chi connectivity index (χ1v) is 5.04. The molecule has 2 rings (SSSR count). The highest BCUT2D eigenvalue weighted by atomic mass is 19.1. The molecule has 0 fully saturated rings. The Morgan fingerprint density at radius 2 is 2.29 bits per heavy atom. The van der Waals surface area contributed by atoms with Crippen molar-refractivity contribution in [1.29, 1.82) is 5.26 Å². The van der Waals surface area contributed by atoms with Gasteiger partial charge in [0.15, 0.2) is 23.0 Å². The van der Waals surface area contributed by atoms with Crippen LogP contribution in [-0.4, -0.2) is 11.8 Å². The van der Waals surface area contributed by atoms with Gasteiger partial charge in [-0.2, -0.15) is 5.26 Å². The van der Waals surface area contributed by atoms with Crippen LogP contribution in [0, 0.1) is 17.1 Å². The van der Waals surface area contributed by atoms with E-state index in [1.54, 1.807) is 13.0 Å². The van der Waals surface area contributed by atoms with Gasteiger partial charge in [0.25, 0.3) is 0 Å².